The molecule has 5 aliphatic rings. The van der Waals surface area contributed by atoms with E-state index in [2.05, 4.69) is 94.8 Å². The van der Waals surface area contributed by atoms with Crippen molar-refractivity contribution in [2.75, 3.05) is 27.2 Å². The topological polar surface area (TPSA) is 92.9 Å². The zero-order valence-corrected chi connectivity index (χ0v) is 31.3. The molecule has 10 rings (SSSR count). The number of aromatic nitrogens is 4. The van der Waals surface area contributed by atoms with Crippen molar-refractivity contribution in [1.82, 2.24) is 35.1 Å². The van der Waals surface area contributed by atoms with E-state index >= 15 is 0 Å². The van der Waals surface area contributed by atoms with Gasteiger partial charge in [-0.25, -0.2) is 9.97 Å². The molecule has 4 heterocycles. The number of H-pyrrole nitrogens is 2. The number of hydrogen-bond donors (Lipinski definition) is 3. The molecule has 53 heavy (non-hydrogen) atoms. The number of nitrogens with one attached hydrogen (secondary N) is 3. The fourth-order valence-electron chi connectivity index (χ4n) is 10.8. The van der Waals surface area contributed by atoms with E-state index in [0.717, 1.165) is 59.9 Å². The van der Waals surface area contributed by atoms with Gasteiger partial charge in [0.25, 0.3) is 0 Å². The quantitative estimate of drug-likeness (QED) is 0.151. The number of piperidine rings is 1. The van der Waals surface area contributed by atoms with Crippen LogP contribution in [0.2, 0.25) is 0 Å². The molecule has 2 saturated heterocycles. The van der Waals surface area contributed by atoms with Gasteiger partial charge in [-0.1, -0.05) is 80.4 Å². The lowest BCUT2D eigenvalue weighted by molar-refractivity contribution is -0.131. The van der Waals surface area contributed by atoms with E-state index in [0.29, 0.717) is 18.5 Å². The summed E-state index contributed by atoms with van der Waals surface area (Å²) >= 11 is 0. The second-order valence-corrected chi connectivity index (χ2v) is 16.9. The number of likely N-dealkylation sites (tertiary alicyclic amines) is 2. The Morgan fingerprint density at radius 2 is 1.40 bits per heavy atom. The van der Waals surface area contributed by atoms with Gasteiger partial charge in [0.05, 0.1) is 42.4 Å². The highest BCUT2D eigenvalue weighted by molar-refractivity contribution is 5.82. The van der Waals surface area contributed by atoms with Crippen molar-refractivity contribution in [2.24, 2.45) is 11.8 Å². The molecule has 8 heteroatoms. The number of fused-ring (bicyclic) bond motifs is 3. The standard InChI is InChI=1S/C45H51N7O/c1-27-20-40(52(26-27)41(53)25-46-2)44-48-24-37(50-44)31-12-8-29(9-13-31)34-15-14-33(35-16-19-45(42(34)35)17-4-5-18-45)28-6-10-30(11-7-28)36-23-47-43(49-36)39-22-32-21-38(32)51(39)3/h6-15,23-24,27,32,38-40,46H,4-5,16-22,25-26H2,1-3H3,(H,47,49)(H,48,50)/t27?,32?,38?,39?,40-/m0/s1. The molecule has 3 N–H and O–H groups in total. The molecular formula is C45H51N7O. The molecule has 1 amide bonds. The third-order valence-electron chi connectivity index (χ3n) is 13.7. The van der Waals surface area contributed by atoms with E-state index < -0.39 is 0 Å². The van der Waals surface area contributed by atoms with E-state index in [1.807, 2.05) is 24.3 Å². The minimum absolute atomic E-state index is 0.00797. The Hall–Kier alpha value is -4.53. The number of amides is 1. The minimum Gasteiger partial charge on any atom is -0.341 e. The van der Waals surface area contributed by atoms with Crippen LogP contribution in [0.3, 0.4) is 0 Å². The Morgan fingerprint density at radius 1 is 0.792 bits per heavy atom. The summed E-state index contributed by atoms with van der Waals surface area (Å²) in [5.41, 5.74) is 13.2. The van der Waals surface area contributed by atoms with Crippen molar-refractivity contribution in [3.8, 4) is 44.8 Å². The monoisotopic (exact) mass is 705 g/mol. The average Bonchev–Trinajstić information content (AvgIpc) is 3.89. The maximum absolute atomic E-state index is 12.8. The van der Waals surface area contributed by atoms with Crippen LogP contribution >= 0.6 is 0 Å². The number of nitrogens with zero attached hydrogens (tertiary/aromatic N) is 4. The molecule has 4 fully saturated rings. The summed E-state index contributed by atoms with van der Waals surface area (Å²) in [5.74, 6) is 3.44. The highest BCUT2D eigenvalue weighted by Crippen LogP contribution is 2.55. The molecule has 3 aliphatic carbocycles. The third kappa shape index (κ3) is 5.59. The zero-order valence-electron chi connectivity index (χ0n) is 31.3. The molecule has 3 aromatic carbocycles. The summed E-state index contributed by atoms with van der Waals surface area (Å²) in [7, 11) is 4.08. The number of likely N-dealkylation sites (N-methyl/N-ethyl adjacent to an activating group) is 1. The average molecular weight is 706 g/mol. The SMILES string of the molecule is CNCC(=O)N1CC(C)C[C@H]1c1ncc(-c2ccc(-c3ccc(-c4ccc(-c5cnc(C6CC7CC7N6C)[nH]5)cc4)c4c3C3(CCCC3)CC4)cc2)[nH]1. The van der Waals surface area contributed by atoms with Gasteiger partial charge in [-0.3, -0.25) is 9.69 Å². The first-order valence-corrected chi connectivity index (χ1v) is 20.0. The highest BCUT2D eigenvalue weighted by atomic mass is 16.2. The molecular weight excluding hydrogens is 655 g/mol. The lowest BCUT2D eigenvalue weighted by atomic mass is 9.76. The predicted octanol–water partition coefficient (Wildman–Crippen LogP) is 8.45. The molecule has 4 unspecified atom stereocenters. The molecule has 2 saturated carbocycles. The summed E-state index contributed by atoms with van der Waals surface area (Å²) in [6.07, 6.45) is 15.1. The number of rotatable bonds is 8. The lowest BCUT2D eigenvalue weighted by Gasteiger charge is -2.28. The van der Waals surface area contributed by atoms with Crippen molar-refractivity contribution in [1.29, 1.82) is 0 Å². The van der Waals surface area contributed by atoms with Gasteiger partial charge in [0.1, 0.15) is 11.6 Å². The van der Waals surface area contributed by atoms with Crippen LogP contribution in [0, 0.1) is 11.8 Å². The Bertz CT molecular complexity index is 2160. The van der Waals surface area contributed by atoms with Gasteiger partial charge in [0, 0.05) is 12.6 Å². The maximum Gasteiger partial charge on any atom is 0.237 e. The van der Waals surface area contributed by atoms with Crippen molar-refractivity contribution in [3.63, 3.8) is 0 Å². The van der Waals surface area contributed by atoms with Gasteiger partial charge < -0.3 is 20.2 Å². The van der Waals surface area contributed by atoms with E-state index in [-0.39, 0.29) is 17.4 Å². The highest BCUT2D eigenvalue weighted by Gasteiger charge is 2.51. The number of hydrogen-bond acceptors (Lipinski definition) is 5. The van der Waals surface area contributed by atoms with Crippen molar-refractivity contribution in [2.45, 2.75) is 88.3 Å². The fraction of sp³-hybridized carbons (Fsp3) is 0.444. The summed E-state index contributed by atoms with van der Waals surface area (Å²) in [4.78, 5) is 34.2. The van der Waals surface area contributed by atoms with E-state index in [1.54, 1.807) is 11.1 Å². The molecule has 272 valence electrons. The molecule has 5 aromatic rings. The minimum atomic E-state index is -0.00797. The van der Waals surface area contributed by atoms with Crippen LogP contribution in [0.15, 0.2) is 73.1 Å². The molecule has 2 aliphatic heterocycles. The first kappa shape index (κ1) is 33.1. The van der Waals surface area contributed by atoms with Gasteiger partial charge in [0.15, 0.2) is 0 Å². The Labute approximate surface area is 312 Å². The third-order valence-corrected chi connectivity index (χ3v) is 13.7. The molecule has 1 spiro atoms. The van der Waals surface area contributed by atoms with Gasteiger partial charge in [-0.15, -0.1) is 0 Å². The van der Waals surface area contributed by atoms with Crippen LogP contribution < -0.4 is 5.32 Å². The maximum atomic E-state index is 12.8. The number of benzene rings is 3. The second-order valence-electron chi connectivity index (χ2n) is 16.9. The van der Waals surface area contributed by atoms with Crippen LogP contribution in [0.1, 0.15) is 93.1 Å². The smallest absolute Gasteiger partial charge is 0.237 e. The van der Waals surface area contributed by atoms with E-state index in [1.165, 1.54) is 72.8 Å². The van der Waals surface area contributed by atoms with Crippen LogP contribution in [-0.4, -0.2) is 68.9 Å². The van der Waals surface area contributed by atoms with Crippen molar-refractivity contribution in [3.05, 3.63) is 95.8 Å². The molecule has 0 radical (unpaired) electrons. The zero-order chi connectivity index (χ0) is 35.8. The Kier molecular flexibility index (Phi) is 7.99. The van der Waals surface area contributed by atoms with Crippen LogP contribution in [-0.2, 0) is 16.6 Å². The Morgan fingerprint density at radius 3 is 2.02 bits per heavy atom. The summed E-state index contributed by atoms with van der Waals surface area (Å²) in [5, 5.41) is 3.02. The van der Waals surface area contributed by atoms with Crippen molar-refractivity contribution >= 4 is 5.91 Å². The molecule has 2 aromatic heterocycles. The van der Waals surface area contributed by atoms with Crippen LogP contribution in [0.25, 0.3) is 44.8 Å². The normalized spacial score (nSPS) is 25.7. The van der Waals surface area contributed by atoms with Gasteiger partial charge in [-0.05, 0) is 121 Å². The summed E-state index contributed by atoms with van der Waals surface area (Å²) < 4.78 is 0. The van der Waals surface area contributed by atoms with E-state index in [4.69, 9.17) is 9.97 Å². The first-order valence-electron chi connectivity index (χ1n) is 20.0. The summed E-state index contributed by atoms with van der Waals surface area (Å²) in [6, 6.07) is 24.2. The largest absolute Gasteiger partial charge is 0.341 e. The Balaban J connectivity index is 0.924. The summed E-state index contributed by atoms with van der Waals surface area (Å²) in [6.45, 7) is 3.34. The number of carbonyl (C=O) groups excluding carboxylic acids is 1. The predicted molar refractivity (Wildman–Crippen MR) is 210 cm³/mol. The van der Waals surface area contributed by atoms with Crippen LogP contribution in [0.4, 0.5) is 0 Å². The molecule has 0 bridgehead atoms. The first-order chi connectivity index (χ1) is 25.9. The van der Waals surface area contributed by atoms with Crippen LogP contribution in [0.5, 0.6) is 0 Å². The van der Waals surface area contributed by atoms with Gasteiger partial charge in [-0.2, -0.15) is 0 Å². The van der Waals surface area contributed by atoms with Crippen molar-refractivity contribution < 1.29 is 4.79 Å². The van der Waals surface area contributed by atoms with E-state index in [9.17, 15) is 4.79 Å². The molecule has 8 nitrogen and oxygen atoms in total. The second kappa shape index (κ2) is 12.8. The number of carbonyl (C=O) groups is 1. The fourth-order valence-corrected chi connectivity index (χ4v) is 10.8. The number of aromatic amines is 2. The van der Waals surface area contributed by atoms with Gasteiger partial charge in [0.2, 0.25) is 5.91 Å². The lowest BCUT2D eigenvalue weighted by Crippen LogP contribution is -2.37. The molecule has 5 atom stereocenters. The number of imidazole rings is 2. The van der Waals surface area contributed by atoms with Gasteiger partial charge >= 0.3 is 0 Å².